The molecule has 27 rings (SSSR count). The van der Waals surface area contributed by atoms with Crippen LogP contribution in [0, 0.1) is 0 Å². The molecule has 0 N–H and O–H groups in total. The van der Waals surface area contributed by atoms with Gasteiger partial charge in [-0.2, -0.15) is 0 Å². The molecule has 0 radical (unpaired) electrons. The molecular weight excluding hydrogens is 1550 g/mol. The van der Waals surface area contributed by atoms with Gasteiger partial charge in [0.15, 0.2) is 0 Å². The number of hydrogen-bond donors (Lipinski definition) is 0. The lowest BCUT2D eigenvalue weighted by Crippen LogP contribution is -2.28. The Morgan fingerprint density at radius 1 is 0.148 bits per heavy atom. The van der Waals surface area contributed by atoms with Gasteiger partial charge in [0, 0.05) is 87.9 Å². The summed E-state index contributed by atoms with van der Waals surface area (Å²) in [6.45, 7) is 0. The Hall–Kier alpha value is -16.9. The fourth-order valence-electron chi connectivity index (χ4n) is 21.7. The second-order valence-corrected chi connectivity index (χ2v) is 34.2. The van der Waals surface area contributed by atoms with Crippen LogP contribution in [0.2, 0.25) is 0 Å². The van der Waals surface area contributed by atoms with Gasteiger partial charge in [0.1, 0.15) is 0 Å². The van der Waals surface area contributed by atoms with Crippen LogP contribution in [0.5, 0.6) is 0 Å². The largest absolute Gasteiger partial charge is 0.309 e. The molecule has 0 unspecified atom stereocenters. The molecule has 0 saturated carbocycles. The molecule has 0 saturated heterocycles. The lowest BCUT2D eigenvalue weighted by Gasteiger charge is -2.33. The normalized spacial score (nSPS) is 12.4. The average Bonchev–Trinajstić information content (AvgIpc) is 1.46. The van der Waals surface area contributed by atoms with Crippen molar-refractivity contribution in [2.24, 2.45) is 0 Å². The van der Waals surface area contributed by atoms with Crippen molar-refractivity contribution >= 4 is 131 Å². The van der Waals surface area contributed by atoms with E-state index in [9.17, 15) is 0 Å². The van der Waals surface area contributed by atoms with Crippen molar-refractivity contribution in [2.75, 3.05) is 0 Å². The van der Waals surface area contributed by atoms with Gasteiger partial charge in [-0.15, -0.1) is 0 Å². The molecule has 5 heteroatoms. The molecule has 26 aromatic rings. The maximum atomic E-state index is 2.54. The van der Waals surface area contributed by atoms with E-state index < -0.39 is 5.41 Å². The predicted molar refractivity (Wildman–Crippen MR) is 539 cm³/mol. The Bertz CT molecular complexity index is 8950. The summed E-state index contributed by atoms with van der Waals surface area (Å²) < 4.78 is 12.3. The van der Waals surface area contributed by atoms with Gasteiger partial charge in [-0.25, -0.2) is 0 Å². The van der Waals surface area contributed by atoms with Crippen LogP contribution in [0.4, 0.5) is 0 Å². The van der Waals surface area contributed by atoms with E-state index in [2.05, 4.69) is 502 Å². The number of para-hydroxylation sites is 4. The predicted octanol–water partition coefficient (Wildman–Crippen LogP) is 32.2. The van der Waals surface area contributed by atoms with Gasteiger partial charge < -0.3 is 22.8 Å². The third kappa shape index (κ3) is 11.3. The van der Waals surface area contributed by atoms with Crippen LogP contribution in [-0.2, 0) is 5.41 Å². The fourth-order valence-corrected chi connectivity index (χ4v) is 21.7. The third-order valence-corrected chi connectivity index (χ3v) is 27.3. The van der Waals surface area contributed by atoms with Gasteiger partial charge >= 0.3 is 0 Å². The minimum atomic E-state index is -0.504. The highest BCUT2D eigenvalue weighted by atomic mass is 15.0. The number of benzene rings is 21. The van der Waals surface area contributed by atoms with Crippen molar-refractivity contribution in [3.05, 3.63) is 501 Å². The van der Waals surface area contributed by atoms with Crippen molar-refractivity contribution < 1.29 is 0 Å². The summed E-state index contributed by atoms with van der Waals surface area (Å²) in [4.78, 5) is 0. The van der Waals surface area contributed by atoms with E-state index in [1.54, 1.807) is 0 Å². The van der Waals surface area contributed by atoms with Crippen LogP contribution in [0.15, 0.2) is 479 Å². The molecule has 0 bridgehead atoms. The minimum Gasteiger partial charge on any atom is -0.309 e. The van der Waals surface area contributed by atoms with Gasteiger partial charge in [0.05, 0.1) is 60.6 Å². The summed E-state index contributed by atoms with van der Waals surface area (Å²) in [5.74, 6) is 0. The number of fused-ring (bicyclic) bond motifs is 21. The van der Waals surface area contributed by atoms with Gasteiger partial charge in [0.25, 0.3) is 0 Å². The molecule has 5 aromatic heterocycles. The van der Waals surface area contributed by atoms with Crippen LogP contribution >= 0.6 is 0 Å². The Balaban J connectivity index is 0.000000136. The lowest BCUT2D eigenvalue weighted by atomic mass is 9.67. The summed E-state index contributed by atoms with van der Waals surface area (Å²) in [6, 6.07) is 177. The Labute approximate surface area is 739 Å². The smallest absolute Gasteiger partial charge is 0.0714 e. The first kappa shape index (κ1) is 72.7. The standard InChI is InChI=1S/C65H42N2.C58H37N3/c1-4-17-43(18-5-1)46-21-16-26-51(39-46)66-60-30-15-13-27-53(60)56-41-47(32-37-61(56)66)48-33-38-62-57(42-48)54-35-36-59-63(64(54)67(62)52-34-31-44-19-10-11-20-45(44)40-52)55-28-12-14-29-58(55)65(59,49-22-6-2-7-23-49)50-24-8-3-9-25-50;1-3-14-38(15-4-1)41-18-13-21-45(32-41)60-54-25-12-9-22-47(54)49-34-42(27-30-55(49)60)43-28-31-56-50(35-43)52-36-51-48-23-10-11-24-53(48)59(44-19-5-2-6-20-44)57(51)37-58(52)61(56)46-29-26-39-16-7-8-17-40(39)33-46/h1-42H;1-37H. The van der Waals surface area contributed by atoms with E-state index in [-0.39, 0.29) is 0 Å². The summed E-state index contributed by atoms with van der Waals surface area (Å²) in [5.41, 5.74) is 34.6. The first-order chi connectivity index (χ1) is 63.5. The Kier molecular flexibility index (Phi) is 16.6. The summed E-state index contributed by atoms with van der Waals surface area (Å²) in [6.07, 6.45) is 0. The van der Waals surface area contributed by atoms with E-state index >= 15 is 0 Å². The van der Waals surface area contributed by atoms with Crippen molar-refractivity contribution in [2.45, 2.75) is 5.41 Å². The monoisotopic (exact) mass is 1630 g/mol. The molecule has 0 amide bonds. The zero-order valence-corrected chi connectivity index (χ0v) is 69.8. The van der Waals surface area contributed by atoms with Crippen molar-refractivity contribution in [1.82, 2.24) is 22.8 Å². The van der Waals surface area contributed by atoms with Gasteiger partial charge in [-0.1, -0.05) is 340 Å². The Morgan fingerprint density at radius 3 is 0.969 bits per heavy atom. The highest BCUT2D eigenvalue weighted by Crippen LogP contribution is 2.59. The average molecular weight is 1630 g/mol. The molecular formula is C123H79N5. The van der Waals surface area contributed by atoms with E-state index in [1.165, 1.54) is 208 Å². The van der Waals surface area contributed by atoms with Crippen LogP contribution in [0.1, 0.15) is 22.3 Å². The van der Waals surface area contributed by atoms with Crippen LogP contribution < -0.4 is 0 Å². The van der Waals surface area contributed by atoms with E-state index in [1.807, 2.05) is 0 Å². The summed E-state index contributed by atoms with van der Waals surface area (Å²) >= 11 is 0. The van der Waals surface area contributed by atoms with E-state index in [4.69, 9.17) is 0 Å². The zero-order valence-electron chi connectivity index (χ0n) is 69.8. The fraction of sp³-hybridized carbons (Fsp3) is 0.00813. The topological polar surface area (TPSA) is 24.6 Å². The molecule has 1 aliphatic rings. The number of hydrogen-bond acceptors (Lipinski definition) is 0. The van der Waals surface area contributed by atoms with E-state index in [0.717, 1.165) is 28.4 Å². The van der Waals surface area contributed by atoms with Gasteiger partial charge in [0.2, 0.25) is 0 Å². The molecule has 0 atom stereocenters. The van der Waals surface area contributed by atoms with Crippen LogP contribution in [-0.4, -0.2) is 22.8 Å². The highest BCUT2D eigenvalue weighted by molar-refractivity contribution is 6.22. The third-order valence-electron chi connectivity index (χ3n) is 27.3. The second kappa shape index (κ2) is 29.2. The summed E-state index contributed by atoms with van der Waals surface area (Å²) in [7, 11) is 0. The molecule has 5 heterocycles. The number of nitrogens with zero attached hydrogens (tertiary/aromatic N) is 5. The van der Waals surface area contributed by atoms with Crippen molar-refractivity contribution in [3.63, 3.8) is 0 Å². The molecule has 5 nitrogen and oxygen atoms in total. The molecule has 1 aliphatic carbocycles. The molecule has 0 spiro atoms. The number of aromatic nitrogens is 5. The maximum absolute atomic E-state index is 2.54. The van der Waals surface area contributed by atoms with Gasteiger partial charge in [-0.05, 0) is 233 Å². The van der Waals surface area contributed by atoms with Crippen LogP contribution in [0.3, 0.4) is 0 Å². The molecule has 0 fully saturated rings. The first-order valence-corrected chi connectivity index (χ1v) is 44.3. The number of rotatable bonds is 11. The highest BCUT2D eigenvalue weighted by Gasteiger charge is 2.47. The quantitative estimate of drug-likeness (QED) is 0.123. The van der Waals surface area contributed by atoms with Gasteiger partial charge in [-0.3, -0.25) is 0 Å². The van der Waals surface area contributed by atoms with Crippen molar-refractivity contribution in [1.29, 1.82) is 0 Å². The second-order valence-electron chi connectivity index (χ2n) is 34.2. The Morgan fingerprint density at radius 2 is 0.477 bits per heavy atom. The maximum Gasteiger partial charge on any atom is 0.0714 e. The molecule has 128 heavy (non-hydrogen) atoms. The molecule has 0 aliphatic heterocycles. The lowest BCUT2D eigenvalue weighted by molar-refractivity contribution is 0.769. The first-order valence-electron chi connectivity index (χ1n) is 44.3. The van der Waals surface area contributed by atoms with Crippen LogP contribution in [0.25, 0.3) is 215 Å². The van der Waals surface area contributed by atoms with Crippen molar-refractivity contribution in [3.8, 4) is 84.1 Å². The SMILES string of the molecule is c1ccc(-c2cccc(-n3c4ccccc4c4cc(-c5ccc6c(c5)c5cc7c8ccccc8n(-c8ccccc8)c7cc5n6-c5ccc6ccccc6c5)ccc43)c2)cc1.c1ccc(-c2cccc(-n3c4ccccc4c4cc(-c5ccc6c(c5)c5ccc7c(c5n6-c5ccc6ccccc6c5)-c5ccccc5C7(c5ccccc5)c5ccccc5)ccc43)c2)cc1. The molecule has 596 valence electrons. The zero-order chi connectivity index (χ0) is 84.1. The van der Waals surface area contributed by atoms with E-state index in [0.29, 0.717) is 0 Å². The molecule has 21 aromatic carbocycles. The minimum absolute atomic E-state index is 0.504. The summed E-state index contributed by atoms with van der Waals surface area (Å²) in [5, 5.41) is 17.3.